The van der Waals surface area contributed by atoms with Crippen molar-refractivity contribution in [2.24, 2.45) is 0 Å². The number of rotatable bonds is 4. The van der Waals surface area contributed by atoms with Gasteiger partial charge in [-0.1, -0.05) is 12.1 Å². The van der Waals surface area contributed by atoms with Gasteiger partial charge in [0.05, 0.1) is 6.04 Å². The maximum absolute atomic E-state index is 4.24. The lowest BCUT2D eigenvalue weighted by Gasteiger charge is -2.08. The second-order valence-corrected chi connectivity index (χ2v) is 3.72. The second-order valence-electron chi connectivity index (χ2n) is 3.72. The first kappa shape index (κ1) is 10.8. The zero-order valence-electron chi connectivity index (χ0n) is 9.80. The van der Waals surface area contributed by atoms with Crippen molar-refractivity contribution in [3.05, 3.63) is 6.33 Å². The molecular formula is C10H16N6. The number of nitrogens with zero attached hydrogens (tertiary/aromatic N) is 5. The van der Waals surface area contributed by atoms with Crippen LogP contribution in [0, 0.1) is 0 Å². The first-order valence-electron chi connectivity index (χ1n) is 5.57. The summed E-state index contributed by atoms with van der Waals surface area (Å²) < 4.78 is 1.85. The first-order chi connectivity index (χ1) is 7.77. The van der Waals surface area contributed by atoms with Gasteiger partial charge in [-0.2, -0.15) is 0 Å². The largest absolute Gasteiger partial charge is 0.368 e. The van der Waals surface area contributed by atoms with Crippen molar-refractivity contribution in [1.29, 1.82) is 0 Å². The van der Waals surface area contributed by atoms with E-state index in [0.29, 0.717) is 6.04 Å². The van der Waals surface area contributed by atoms with E-state index in [2.05, 4.69) is 39.4 Å². The molecule has 6 heteroatoms. The summed E-state index contributed by atoms with van der Waals surface area (Å²) in [6, 6.07) is 0.300. The Morgan fingerprint density at radius 3 is 2.88 bits per heavy atom. The van der Waals surface area contributed by atoms with Crippen LogP contribution < -0.4 is 5.32 Å². The minimum atomic E-state index is 0.300. The summed E-state index contributed by atoms with van der Waals surface area (Å²) in [5.41, 5.74) is 1.53. The molecule has 16 heavy (non-hydrogen) atoms. The molecule has 6 nitrogen and oxygen atoms in total. The highest BCUT2D eigenvalue weighted by atomic mass is 15.5. The van der Waals surface area contributed by atoms with Crippen LogP contribution in [-0.4, -0.2) is 31.5 Å². The van der Waals surface area contributed by atoms with E-state index in [1.54, 1.807) is 6.33 Å². The van der Waals surface area contributed by atoms with Gasteiger partial charge in [-0.25, -0.2) is 14.6 Å². The number of anilines is 1. The molecule has 0 saturated carbocycles. The minimum absolute atomic E-state index is 0.300. The van der Waals surface area contributed by atoms with Gasteiger partial charge in [-0.15, -0.1) is 5.10 Å². The van der Waals surface area contributed by atoms with Crippen LogP contribution in [0.25, 0.3) is 11.2 Å². The van der Waals surface area contributed by atoms with Crippen molar-refractivity contribution in [1.82, 2.24) is 25.0 Å². The summed E-state index contributed by atoms with van der Waals surface area (Å²) in [5.74, 6) is 0.752. The predicted octanol–water partition coefficient (Wildman–Crippen LogP) is 1.62. The summed E-state index contributed by atoms with van der Waals surface area (Å²) in [5, 5.41) is 11.4. The average molecular weight is 220 g/mol. The molecule has 0 spiro atoms. The lowest BCUT2D eigenvalue weighted by Crippen LogP contribution is -2.07. The topological polar surface area (TPSA) is 68.5 Å². The van der Waals surface area contributed by atoms with Crippen LogP contribution in [0.15, 0.2) is 6.33 Å². The highest BCUT2D eigenvalue weighted by Gasteiger charge is 2.13. The fourth-order valence-electron chi connectivity index (χ4n) is 1.53. The SMILES string of the molecule is CCNc1ncnc2c1nnn2C(C)CC. The quantitative estimate of drug-likeness (QED) is 0.848. The van der Waals surface area contributed by atoms with Crippen molar-refractivity contribution < 1.29 is 0 Å². The van der Waals surface area contributed by atoms with Crippen LogP contribution in [0.2, 0.25) is 0 Å². The molecule has 0 aliphatic carbocycles. The van der Waals surface area contributed by atoms with Crippen molar-refractivity contribution >= 4 is 17.0 Å². The van der Waals surface area contributed by atoms with E-state index in [-0.39, 0.29) is 0 Å². The van der Waals surface area contributed by atoms with Gasteiger partial charge in [0.2, 0.25) is 0 Å². The summed E-state index contributed by atoms with van der Waals surface area (Å²) in [7, 11) is 0. The summed E-state index contributed by atoms with van der Waals surface area (Å²) in [6.07, 6.45) is 2.54. The Bertz CT molecular complexity index is 477. The Morgan fingerprint density at radius 2 is 2.19 bits per heavy atom. The molecule has 86 valence electrons. The molecule has 2 heterocycles. The fourth-order valence-corrected chi connectivity index (χ4v) is 1.53. The van der Waals surface area contributed by atoms with Gasteiger partial charge in [0.1, 0.15) is 6.33 Å². The fraction of sp³-hybridized carbons (Fsp3) is 0.600. The molecule has 1 N–H and O–H groups in total. The standard InChI is InChI=1S/C10H16N6/c1-4-7(3)16-10-8(14-15-16)9(11-5-2)12-6-13-10/h6-7H,4-5H2,1-3H3,(H,11,12,13). The van der Waals surface area contributed by atoms with Crippen LogP contribution in [0.3, 0.4) is 0 Å². The van der Waals surface area contributed by atoms with E-state index < -0.39 is 0 Å². The number of hydrogen-bond acceptors (Lipinski definition) is 5. The van der Waals surface area contributed by atoms with Gasteiger partial charge < -0.3 is 5.32 Å². The monoisotopic (exact) mass is 220 g/mol. The number of aromatic nitrogens is 5. The van der Waals surface area contributed by atoms with Crippen molar-refractivity contribution in [3.8, 4) is 0 Å². The minimum Gasteiger partial charge on any atom is -0.368 e. The smallest absolute Gasteiger partial charge is 0.184 e. The molecule has 0 radical (unpaired) electrons. The third-order valence-corrected chi connectivity index (χ3v) is 2.61. The van der Waals surface area contributed by atoms with Crippen LogP contribution >= 0.6 is 0 Å². The van der Waals surface area contributed by atoms with E-state index in [1.807, 2.05) is 11.6 Å². The highest BCUT2D eigenvalue weighted by molar-refractivity contribution is 5.81. The second kappa shape index (κ2) is 4.42. The van der Waals surface area contributed by atoms with E-state index >= 15 is 0 Å². The van der Waals surface area contributed by atoms with Crippen LogP contribution in [0.5, 0.6) is 0 Å². The van der Waals surface area contributed by atoms with Crippen molar-refractivity contribution in [2.45, 2.75) is 33.2 Å². The summed E-state index contributed by atoms with van der Waals surface area (Å²) in [6.45, 7) is 7.04. The van der Waals surface area contributed by atoms with Crippen LogP contribution in [-0.2, 0) is 0 Å². The summed E-state index contributed by atoms with van der Waals surface area (Å²) in [4.78, 5) is 8.40. The van der Waals surface area contributed by atoms with Gasteiger partial charge in [0.15, 0.2) is 17.0 Å². The molecule has 2 rings (SSSR count). The third kappa shape index (κ3) is 1.70. The molecule has 1 atom stereocenters. The van der Waals surface area contributed by atoms with Crippen LogP contribution in [0.1, 0.15) is 33.2 Å². The van der Waals surface area contributed by atoms with Gasteiger partial charge in [0.25, 0.3) is 0 Å². The Morgan fingerprint density at radius 1 is 1.38 bits per heavy atom. The Labute approximate surface area is 94.1 Å². The zero-order chi connectivity index (χ0) is 11.5. The highest BCUT2D eigenvalue weighted by Crippen LogP contribution is 2.19. The van der Waals surface area contributed by atoms with Gasteiger partial charge in [-0.05, 0) is 20.3 Å². The Balaban J connectivity index is 2.52. The first-order valence-corrected chi connectivity index (χ1v) is 5.57. The molecule has 0 aromatic carbocycles. The molecule has 0 saturated heterocycles. The van der Waals surface area contributed by atoms with Crippen LogP contribution in [0.4, 0.5) is 5.82 Å². The predicted molar refractivity (Wildman–Crippen MR) is 62.3 cm³/mol. The number of hydrogen-bond donors (Lipinski definition) is 1. The average Bonchev–Trinajstić information content (AvgIpc) is 2.73. The number of fused-ring (bicyclic) bond motifs is 1. The molecule has 0 fully saturated rings. The zero-order valence-corrected chi connectivity index (χ0v) is 9.80. The molecule has 0 aliphatic rings. The van der Waals surface area contributed by atoms with Crippen molar-refractivity contribution in [2.75, 3.05) is 11.9 Å². The van der Waals surface area contributed by atoms with Gasteiger partial charge in [-0.3, -0.25) is 0 Å². The molecule has 0 amide bonds. The maximum atomic E-state index is 4.24. The van der Waals surface area contributed by atoms with E-state index in [0.717, 1.165) is 29.9 Å². The third-order valence-electron chi connectivity index (χ3n) is 2.61. The molecule has 0 bridgehead atoms. The van der Waals surface area contributed by atoms with E-state index in [9.17, 15) is 0 Å². The molecule has 0 aliphatic heterocycles. The molecule has 1 unspecified atom stereocenters. The normalized spacial score (nSPS) is 12.9. The summed E-state index contributed by atoms with van der Waals surface area (Å²) >= 11 is 0. The van der Waals surface area contributed by atoms with E-state index in [4.69, 9.17) is 0 Å². The number of nitrogens with one attached hydrogen (secondary N) is 1. The lowest BCUT2D eigenvalue weighted by atomic mass is 10.3. The lowest BCUT2D eigenvalue weighted by molar-refractivity contribution is 0.475. The molecule has 2 aromatic heterocycles. The van der Waals surface area contributed by atoms with E-state index in [1.165, 1.54) is 0 Å². The van der Waals surface area contributed by atoms with Gasteiger partial charge >= 0.3 is 0 Å². The Kier molecular flexibility index (Phi) is 2.98. The Hall–Kier alpha value is -1.72. The maximum Gasteiger partial charge on any atom is 0.184 e. The molecule has 2 aromatic rings. The van der Waals surface area contributed by atoms with Gasteiger partial charge in [0, 0.05) is 6.54 Å². The molecular weight excluding hydrogens is 204 g/mol. The van der Waals surface area contributed by atoms with Crippen molar-refractivity contribution in [3.63, 3.8) is 0 Å².